The lowest BCUT2D eigenvalue weighted by Gasteiger charge is -2.23. The second kappa shape index (κ2) is 7.13. The predicted molar refractivity (Wildman–Crippen MR) is 91.4 cm³/mol. The molecule has 2 amide bonds. The van der Waals surface area contributed by atoms with Crippen molar-refractivity contribution in [1.29, 1.82) is 0 Å². The fraction of sp³-hybridized carbons (Fsp3) is 0.333. The Labute approximate surface area is 144 Å². The third-order valence-electron chi connectivity index (χ3n) is 4.24. The minimum absolute atomic E-state index is 0.0831. The van der Waals surface area contributed by atoms with Gasteiger partial charge in [-0.25, -0.2) is 4.39 Å². The Hall–Kier alpha value is -2.21. The van der Waals surface area contributed by atoms with Crippen LogP contribution in [0.5, 0.6) is 0 Å². The van der Waals surface area contributed by atoms with Gasteiger partial charge in [-0.15, -0.1) is 11.3 Å². The number of amides is 2. The zero-order chi connectivity index (χ0) is 17.1. The summed E-state index contributed by atoms with van der Waals surface area (Å²) in [5.74, 6) is -0.492. The van der Waals surface area contributed by atoms with Crippen molar-refractivity contribution >= 4 is 23.2 Å². The molecule has 3 rings (SSSR count). The van der Waals surface area contributed by atoms with Crippen LogP contribution in [0.15, 0.2) is 35.7 Å². The van der Waals surface area contributed by atoms with E-state index < -0.39 is 6.04 Å². The van der Waals surface area contributed by atoms with Crippen LogP contribution in [-0.2, 0) is 11.3 Å². The van der Waals surface area contributed by atoms with Gasteiger partial charge in [0.25, 0.3) is 5.91 Å². The van der Waals surface area contributed by atoms with Crippen molar-refractivity contribution in [1.82, 2.24) is 10.2 Å². The molecule has 1 saturated heterocycles. The summed E-state index contributed by atoms with van der Waals surface area (Å²) in [4.78, 5) is 27.3. The molecule has 1 aromatic carbocycles. The lowest BCUT2D eigenvalue weighted by molar-refractivity contribution is -0.125. The number of carbonyl (C=O) groups excluding carboxylic acids is 2. The molecule has 6 heteroatoms. The lowest BCUT2D eigenvalue weighted by atomic mass is 10.1. The molecule has 4 nitrogen and oxygen atoms in total. The van der Waals surface area contributed by atoms with Gasteiger partial charge >= 0.3 is 0 Å². The minimum Gasteiger partial charge on any atom is -0.350 e. The molecule has 0 radical (unpaired) electrons. The predicted octanol–water partition coefficient (Wildman–Crippen LogP) is 3.12. The van der Waals surface area contributed by atoms with E-state index in [1.54, 1.807) is 30.0 Å². The van der Waals surface area contributed by atoms with Crippen molar-refractivity contribution in [3.8, 4) is 0 Å². The van der Waals surface area contributed by atoms with Crippen LogP contribution in [0, 0.1) is 12.7 Å². The van der Waals surface area contributed by atoms with Crippen LogP contribution >= 0.6 is 11.3 Å². The molecule has 0 saturated carbocycles. The minimum atomic E-state index is -0.429. The summed E-state index contributed by atoms with van der Waals surface area (Å²) in [5, 5.41) is 4.72. The number of thiophene rings is 1. The molecule has 1 aliphatic rings. The molecule has 0 spiro atoms. The Kier molecular flexibility index (Phi) is 4.94. The zero-order valence-corrected chi connectivity index (χ0v) is 14.2. The Morgan fingerprint density at radius 3 is 2.92 bits per heavy atom. The van der Waals surface area contributed by atoms with Crippen molar-refractivity contribution in [2.45, 2.75) is 32.4 Å². The summed E-state index contributed by atoms with van der Waals surface area (Å²) >= 11 is 1.39. The van der Waals surface area contributed by atoms with Gasteiger partial charge in [0, 0.05) is 13.1 Å². The molecular weight excluding hydrogens is 327 g/mol. The standard InChI is InChI=1S/C18H19FN2O2S/c1-12-10-13(6-7-14(12)19)11-20-17(22)15-4-2-8-21(15)18(23)16-5-3-9-24-16/h3,5-7,9-10,15H,2,4,8,11H2,1H3,(H,20,22)/t15-/m0/s1. The molecule has 126 valence electrons. The fourth-order valence-electron chi connectivity index (χ4n) is 2.95. The van der Waals surface area contributed by atoms with Crippen LogP contribution in [0.1, 0.15) is 33.6 Å². The maximum Gasteiger partial charge on any atom is 0.264 e. The van der Waals surface area contributed by atoms with Crippen LogP contribution in [0.4, 0.5) is 4.39 Å². The van der Waals surface area contributed by atoms with Crippen LogP contribution in [0.25, 0.3) is 0 Å². The molecule has 2 aromatic rings. The highest BCUT2D eigenvalue weighted by atomic mass is 32.1. The van der Waals surface area contributed by atoms with Gasteiger partial charge in [0.15, 0.2) is 0 Å². The van der Waals surface area contributed by atoms with Gasteiger partial charge in [0.1, 0.15) is 11.9 Å². The summed E-state index contributed by atoms with van der Waals surface area (Å²) < 4.78 is 13.3. The van der Waals surface area contributed by atoms with E-state index in [1.165, 1.54) is 17.4 Å². The van der Waals surface area contributed by atoms with Crippen molar-refractivity contribution < 1.29 is 14.0 Å². The van der Waals surface area contributed by atoms with Gasteiger partial charge in [-0.3, -0.25) is 9.59 Å². The Morgan fingerprint density at radius 1 is 1.38 bits per heavy atom. The number of halogens is 1. The maximum absolute atomic E-state index is 13.3. The van der Waals surface area contributed by atoms with Gasteiger partial charge < -0.3 is 10.2 Å². The number of nitrogens with zero attached hydrogens (tertiary/aromatic N) is 1. The summed E-state index contributed by atoms with van der Waals surface area (Å²) in [5.41, 5.74) is 1.40. The summed E-state index contributed by atoms with van der Waals surface area (Å²) in [6.07, 6.45) is 1.50. The highest BCUT2D eigenvalue weighted by Crippen LogP contribution is 2.22. The molecule has 1 aliphatic heterocycles. The van der Waals surface area contributed by atoms with Crippen LogP contribution < -0.4 is 5.32 Å². The van der Waals surface area contributed by atoms with Gasteiger partial charge in [-0.05, 0) is 48.4 Å². The van der Waals surface area contributed by atoms with Crippen LogP contribution in [0.3, 0.4) is 0 Å². The third kappa shape index (κ3) is 3.48. The van der Waals surface area contributed by atoms with E-state index >= 15 is 0 Å². The number of carbonyl (C=O) groups is 2. The van der Waals surface area contributed by atoms with E-state index in [2.05, 4.69) is 5.32 Å². The third-order valence-corrected chi connectivity index (χ3v) is 5.10. The van der Waals surface area contributed by atoms with E-state index in [0.29, 0.717) is 30.0 Å². The average molecular weight is 346 g/mol. The van der Waals surface area contributed by atoms with E-state index in [4.69, 9.17) is 0 Å². The van der Waals surface area contributed by atoms with Crippen LogP contribution in [-0.4, -0.2) is 29.3 Å². The average Bonchev–Trinajstić information content (AvgIpc) is 3.26. The number of likely N-dealkylation sites (tertiary alicyclic amines) is 1. The molecular formula is C18H19FN2O2S. The molecule has 1 fully saturated rings. The fourth-order valence-corrected chi connectivity index (χ4v) is 3.63. The first-order valence-corrected chi connectivity index (χ1v) is 8.81. The topological polar surface area (TPSA) is 49.4 Å². The van der Waals surface area contributed by atoms with E-state index in [9.17, 15) is 14.0 Å². The van der Waals surface area contributed by atoms with Gasteiger partial charge in [0.05, 0.1) is 4.88 Å². The molecule has 1 aromatic heterocycles. The van der Waals surface area contributed by atoms with Crippen molar-refractivity contribution in [2.75, 3.05) is 6.54 Å². The number of aryl methyl sites for hydroxylation is 1. The number of rotatable bonds is 4. The number of hydrogen-bond donors (Lipinski definition) is 1. The van der Waals surface area contributed by atoms with Crippen molar-refractivity contribution in [3.63, 3.8) is 0 Å². The van der Waals surface area contributed by atoms with E-state index in [-0.39, 0.29) is 17.6 Å². The smallest absolute Gasteiger partial charge is 0.264 e. The van der Waals surface area contributed by atoms with Gasteiger partial charge in [-0.2, -0.15) is 0 Å². The molecule has 0 aliphatic carbocycles. The SMILES string of the molecule is Cc1cc(CNC(=O)[C@@H]2CCCN2C(=O)c2cccs2)ccc1F. The largest absolute Gasteiger partial charge is 0.350 e. The maximum atomic E-state index is 13.3. The summed E-state index contributed by atoms with van der Waals surface area (Å²) in [7, 11) is 0. The second-order valence-electron chi connectivity index (χ2n) is 5.94. The monoisotopic (exact) mass is 346 g/mol. The Balaban J connectivity index is 1.63. The van der Waals surface area contributed by atoms with E-state index in [1.807, 2.05) is 11.4 Å². The molecule has 1 N–H and O–H groups in total. The Morgan fingerprint density at radius 2 is 2.21 bits per heavy atom. The first kappa shape index (κ1) is 16.6. The van der Waals surface area contributed by atoms with E-state index in [0.717, 1.165) is 12.0 Å². The zero-order valence-electron chi connectivity index (χ0n) is 13.4. The quantitative estimate of drug-likeness (QED) is 0.925. The first-order valence-electron chi connectivity index (χ1n) is 7.93. The second-order valence-corrected chi connectivity index (χ2v) is 6.88. The highest BCUT2D eigenvalue weighted by Gasteiger charge is 2.34. The molecule has 2 heterocycles. The Bertz CT molecular complexity index is 745. The molecule has 1 atom stereocenters. The van der Waals surface area contributed by atoms with Gasteiger partial charge in [-0.1, -0.05) is 18.2 Å². The van der Waals surface area contributed by atoms with Gasteiger partial charge in [0.2, 0.25) is 5.91 Å². The summed E-state index contributed by atoms with van der Waals surface area (Å²) in [6.45, 7) is 2.63. The van der Waals surface area contributed by atoms with Crippen molar-refractivity contribution in [3.05, 3.63) is 57.5 Å². The first-order chi connectivity index (χ1) is 11.6. The molecule has 0 unspecified atom stereocenters. The lowest BCUT2D eigenvalue weighted by Crippen LogP contribution is -2.45. The van der Waals surface area contributed by atoms with Crippen LogP contribution in [0.2, 0.25) is 0 Å². The number of nitrogens with one attached hydrogen (secondary N) is 1. The molecule has 24 heavy (non-hydrogen) atoms. The highest BCUT2D eigenvalue weighted by molar-refractivity contribution is 7.12. The van der Waals surface area contributed by atoms with Crippen molar-refractivity contribution in [2.24, 2.45) is 0 Å². The number of benzene rings is 1. The summed E-state index contributed by atoms with van der Waals surface area (Å²) in [6, 6.07) is 7.96. The normalized spacial score (nSPS) is 17.1. The number of hydrogen-bond acceptors (Lipinski definition) is 3. The molecule has 0 bridgehead atoms.